The fourth-order valence-electron chi connectivity index (χ4n) is 3.29. The number of rotatable bonds is 8. The lowest BCUT2D eigenvalue weighted by atomic mass is 10.0. The monoisotopic (exact) mass is 321 g/mol. The van der Waals surface area contributed by atoms with Crippen molar-refractivity contribution in [3.05, 3.63) is 11.4 Å². The van der Waals surface area contributed by atoms with Crippen LogP contribution in [0.3, 0.4) is 0 Å². The standard InChI is InChI=1S/C17H31N5O/c1-4-6-8-14(7-5-2)19-17(23)16-13(3)22(21-20-16)15-9-11-18-12-10-15/h14-15,18H,4-12H2,1-3H3,(H,19,23). The summed E-state index contributed by atoms with van der Waals surface area (Å²) in [6.07, 6.45) is 7.52. The number of nitrogens with zero attached hydrogens (tertiary/aromatic N) is 3. The lowest BCUT2D eigenvalue weighted by Gasteiger charge is -2.23. The van der Waals surface area contributed by atoms with Gasteiger partial charge in [-0.1, -0.05) is 38.3 Å². The first-order chi connectivity index (χ1) is 11.2. The number of hydrogen-bond donors (Lipinski definition) is 2. The minimum absolute atomic E-state index is 0.0720. The second-order valence-corrected chi connectivity index (χ2v) is 6.55. The fraction of sp³-hybridized carbons (Fsp3) is 0.824. The van der Waals surface area contributed by atoms with Crippen LogP contribution in [0.2, 0.25) is 0 Å². The average molecular weight is 321 g/mol. The van der Waals surface area contributed by atoms with E-state index in [1.54, 1.807) is 0 Å². The van der Waals surface area contributed by atoms with Crippen LogP contribution in [0.15, 0.2) is 0 Å². The Hall–Kier alpha value is -1.43. The Morgan fingerprint density at radius 1 is 1.30 bits per heavy atom. The van der Waals surface area contributed by atoms with E-state index in [0.29, 0.717) is 11.7 Å². The molecule has 2 rings (SSSR count). The highest BCUT2D eigenvalue weighted by molar-refractivity contribution is 5.93. The SMILES string of the molecule is CCCCC(CCC)NC(=O)c1nnn(C2CCNCC2)c1C. The first-order valence-electron chi connectivity index (χ1n) is 9.10. The second-order valence-electron chi connectivity index (χ2n) is 6.55. The maximum Gasteiger partial charge on any atom is 0.273 e. The number of carbonyl (C=O) groups excluding carboxylic acids is 1. The summed E-state index contributed by atoms with van der Waals surface area (Å²) in [6, 6.07) is 0.604. The van der Waals surface area contributed by atoms with Gasteiger partial charge in [0.05, 0.1) is 11.7 Å². The van der Waals surface area contributed by atoms with Gasteiger partial charge in [0, 0.05) is 6.04 Å². The largest absolute Gasteiger partial charge is 0.348 e. The van der Waals surface area contributed by atoms with Gasteiger partial charge < -0.3 is 10.6 Å². The molecule has 1 atom stereocenters. The molecule has 1 aromatic rings. The lowest BCUT2D eigenvalue weighted by Crippen LogP contribution is -2.35. The number of aromatic nitrogens is 3. The molecule has 0 radical (unpaired) electrons. The van der Waals surface area contributed by atoms with E-state index in [1.165, 1.54) is 0 Å². The summed E-state index contributed by atoms with van der Waals surface area (Å²) in [7, 11) is 0. The molecule has 6 heteroatoms. The molecule has 1 aliphatic heterocycles. The van der Waals surface area contributed by atoms with E-state index in [1.807, 2.05) is 11.6 Å². The van der Waals surface area contributed by atoms with Crippen molar-refractivity contribution in [2.24, 2.45) is 0 Å². The van der Waals surface area contributed by atoms with Gasteiger partial charge in [-0.15, -0.1) is 5.10 Å². The van der Waals surface area contributed by atoms with Crippen molar-refractivity contribution in [1.82, 2.24) is 25.6 Å². The minimum atomic E-state index is -0.0720. The number of hydrogen-bond acceptors (Lipinski definition) is 4. The Bertz CT molecular complexity index is 493. The molecule has 2 N–H and O–H groups in total. The van der Waals surface area contributed by atoms with E-state index in [-0.39, 0.29) is 11.9 Å². The molecule has 2 heterocycles. The van der Waals surface area contributed by atoms with Gasteiger partial charge in [0.2, 0.25) is 0 Å². The Kier molecular flexibility index (Phi) is 7.02. The third-order valence-corrected chi connectivity index (χ3v) is 4.68. The quantitative estimate of drug-likeness (QED) is 0.772. The topological polar surface area (TPSA) is 71.8 Å². The van der Waals surface area contributed by atoms with Crippen LogP contribution < -0.4 is 10.6 Å². The van der Waals surface area contributed by atoms with Gasteiger partial charge in [-0.25, -0.2) is 4.68 Å². The Labute approximate surface area is 139 Å². The molecule has 0 bridgehead atoms. The second kappa shape index (κ2) is 9.01. The summed E-state index contributed by atoms with van der Waals surface area (Å²) in [5.74, 6) is -0.0720. The molecule has 0 aliphatic carbocycles. The molecular weight excluding hydrogens is 290 g/mol. The maximum atomic E-state index is 12.6. The first kappa shape index (κ1) is 17.9. The van der Waals surface area contributed by atoms with E-state index in [9.17, 15) is 4.79 Å². The highest BCUT2D eigenvalue weighted by atomic mass is 16.2. The van der Waals surface area contributed by atoms with E-state index < -0.39 is 0 Å². The first-order valence-corrected chi connectivity index (χ1v) is 9.10. The summed E-state index contributed by atoms with van der Waals surface area (Å²) in [6.45, 7) is 8.29. The molecule has 23 heavy (non-hydrogen) atoms. The number of carbonyl (C=O) groups is 1. The molecule has 1 aliphatic rings. The van der Waals surface area contributed by atoms with Crippen LogP contribution in [-0.4, -0.2) is 40.0 Å². The third kappa shape index (κ3) is 4.77. The van der Waals surface area contributed by atoms with Gasteiger partial charge in [0.25, 0.3) is 5.91 Å². The summed E-state index contributed by atoms with van der Waals surface area (Å²) in [5.41, 5.74) is 1.38. The number of unbranched alkanes of at least 4 members (excludes halogenated alkanes) is 1. The van der Waals surface area contributed by atoms with Crippen LogP contribution in [0.25, 0.3) is 0 Å². The lowest BCUT2D eigenvalue weighted by molar-refractivity contribution is 0.0926. The van der Waals surface area contributed by atoms with Gasteiger partial charge in [0.1, 0.15) is 0 Å². The van der Waals surface area contributed by atoms with Gasteiger partial charge in [-0.05, 0) is 45.7 Å². The molecular formula is C17H31N5O. The molecule has 1 amide bonds. The average Bonchev–Trinajstić information content (AvgIpc) is 2.95. The smallest absolute Gasteiger partial charge is 0.273 e. The van der Waals surface area contributed by atoms with Gasteiger partial charge in [0.15, 0.2) is 5.69 Å². The number of piperidine rings is 1. The highest BCUT2D eigenvalue weighted by Crippen LogP contribution is 2.20. The summed E-state index contributed by atoms with van der Waals surface area (Å²) in [5, 5.41) is 14.9. The van der Waals surface area contributed by atoms with Crippen molar-refractivity contribution in [3.63, 3.8) is 0 Å². The molecule has 130 valence electrons. The zero-order valence-corrected chi connectivity index (χ0v) is 14.8. The molecule has 0 aromatic carbocycles. The normalized spacial score (nSPS) is 17.2. The van der Waals surface area contributed by atoms with Crippen LogP contribution in [0.4, 0.5) is 0 Å². The molecule has 1 unspecified atom stereocenters. The van der Waals surface area contributed by atoms with Crippen molar-refractivity contribution >= 4 is 5.91 Å². The zero-order valence-electron chi connectivity index (χ0n) is 14.8. The predicted molar refractivity (Wildman–Crippen MR) is 91.6 cm³/mol. The number of amides is 1. The third-order valence-electron chi connectivity index (χ3n) is 4.68. The van der Waals surface area contributed by atoms with Crippen molar-refractivity contribution in [3.8, 4) is 0 Å². The number of nitrogens with one attached hydrogen (secondary N) is 2. The molecule has 0 saturated carbocycles. The molecule has 1 saturated heterocycles. The molecule has 1 aromatic heterocycles. The van der Waals surface area contributed by atoms with Gasteiger partial charge in [-0.3, -0.25) is 4.79 Å². The summed E-state index contributed by atoms with van der Waals surface area (Å²) < 4.78 is 1.94. The molecule has 6 nitrogen and oxygen atoms in total. The van der Waals surface area contributed by atoms with Crippen LogP contribution in [0.1, 0.15) is 81.0 Å². The zero-order chi connectivity index (χ0) is 16.7. The maximum absolute atomic E-state index is 12.6. The Morgan fingerprint density at radius 2 is 2.04 bits per heavy atom. The van der Waals surface area contributed by atoms with Gasteiger partial charge in [-0.2, -0.15) is 0 Å². The van der Waals surface area contributed by atoms with Crippen LogP contribution >= 0.6 is 0 Å². The summed E-state index contributed by atoms with van der Waals surface area (Å²) >= 11 is 0. The molecule has 1 fully saturated rings. The van der Waals surface area contributed by atoms with Crippen LogP contribution in [0.5, 0.6) is 0 Å². The van der Waals surface area contributed by atoms with E-state index >= 15 is 0 Å². The van der Waals surface area contributed by atoms with E-state index in [2.05, 4.69) is 34.8 Å². The van der Waals surface area contributed by atoms with Gasteiger partial charge >= 0.3 is 0 Å². The fourth-order valence-corrected chi connectivity index (χ4v) is 3.29. The van der Waals surface area contributed by atoms with Crippen LogP contribution in [-0.2, 0) is 0 Å². The molecule has 0 spiro atoms. The highest BCUT2D eigenvalue weighted by Gasteiger charge is 2.23. The van der Waals surface area contributed by atoms with E-state index in [4.69, 9.17) is 0 Å². The van der Waals surface area contributed by atoms with Crippen molar-refractivity contribution in [2.45, 2.75) is 77.8 Å². The Morgan fingerprint density at radius 3 is 2.70 bits per heavy atom. The van der Waals surface area contributed by atoms with Crippen molar-refractivity contribution < 1.29 is 4.79 Å². The van der Waals surface area contributed by atoms with E-state index in [0.717, 1.165) is 63.7 Å². The minimum Gasteiger partial charge on any atom is -0.348 e. The van der Waals surface area contributed by atoms with Crippen molar-refractivity contribution in [2.75, 3.05) is 13.1 Å². The Balaban J connectivity index is 2.02. The predicted octanol–water partition coefficient (Wildman–Crippen LogP) is 2.60. The summed E-state index contributed by atoms with van der Waals surface area (Å²) in [4.78, 5) is 12.6. The van der Waals surface area contributed by atoms with Crippen molar-refractivity contribution in [1.29, 1.82) is 0 Å². The van der Waals surface area contributed by atoms with Crippen LogP contribution in [0, 0.1) is 6.92 Å².